The van der Waals surface area contributed by atoms with Gasteiger partial charge < -0.3 is 14.5 Å². The van der Waals surface area contributed by atoms with Gasteiger partial charge in [0.15, 0.2) is 16.3 Å². The van der Waals surface area contributed by atoms with Crippen LogP contribution in [-0.2, 0) is 0 Å². The van der Waals surface area contributed by atoms with Gasteiger partial charge in [-0.05, 0) is 36.8 Å². The molecule has 0 aliphatic rings. The van der Waals surface area contributed by atoms with E-state index < -0.39 is 5.56 Å². The molecule has 0 spiro atoms. The van der Waals surface area contributed by atoms with Crippen LogP contribution in [-0.4, -0.2) is 23.7 Å². The molecule has 2 N–H and O–H groups in total. The Morgan fingerprint density at radius 1 is 1.30 bits per heavy atom. The highest BCUT2D eigenvalue weighted by Crippen LogP contribution is 2.32. The lowest BCUT2D eigenvalue weighted by Crippen LogP contribution is -2.13. The molecule has 23 heavy (non-hydrogen) atoms. The quantitative estimate of drug-likeness (QED) is 0.627. The first-order valence-electron chi connectivity index (χ1n) is 7.18. The minimum absolute atomic E-state index is 0.0275. The summed E-state index contributed by atoms with van der Waals surface area (Å²) in [5.74, 6) is 1.15. The van der Waals surface area contributed by atoms with Crippen LogP contribution in [0.25, 0.3) is 11.3 Å². The molecule has 0 aliphatic carbocycles. The maximum Gasteiger partial charge on any atom is 0.270 e. The third kappa shape index (κ3) is 3.79. The van der Waals surface area contributed by atoms with E-state index in [1.54, 1.807) is 18.2 Å². The first-order valence-corrected chi connectivity index (χ1v) is 7.59. The number of nitrogens with zero attached hydrogens (tertiary/aromatic N) is 1. The Labute approximate surface area is 138 Å². The molecule has 7 heteroatoms. The van der Waals surface area contributed by atoms with Crippen molar-refractivity contribution in [2.45, 2.75) is 19.8 Å². The fraction of sp³-hybridized carbons (Fsp3) is 0.312. The van der Waals surface area contributed by atoms with E-state index >= 15 is 0 Å². The van der Waals surface area contributed by atoms with E-state index in [1.165, 1.54) is 7.11 Å². The number of hydrogen-bond donors (Lipinski definition) is 2. The molecule has 0 saturated carbocycles. The Bertz CT molecular complexity index is 849. The van der Waals surface area contributed by atoms with Crippen LogP contribution in [0.3, 0.4) is 0 Å². The number of aromatic amines is 2. The molecule has 0 radical (unpaired) electrons. The van der Waals surface area contributed by atoms with E-state index in [9.17, 15) is 10.1 Å². The number of nitrogens with one attached hydrogen (secondary N) is 2. The smallest absolute Gasteiger partial charge is 0.270 e. The number of rotatable bonds is 6. The summed E-state index contributed by atoms with van der Waals surface area (Å²) in [5, 5.41) is 9.20. The van der Waals surface area contributed by atoms with Gasteiger partial charge in [-0.25, -0.2) is 0 Å². The summed E-state index contributed by atoms with van der Waals surface area (Å²) in [7, 11) is 1.54. The van der Waals surface area contributed by atoms with E-state index in [-0.39, 0.29) is 10.3 Å². The average molecular weight is 331 g/mol. The van der Waals surface area contributed by atoms with Gasteiger partial charge in [0, 0.05) is 5.56 Å². The topological polar surface area (TPSA) is 90.9 Å². The van der Waals surface area contributed by atoms with Gasteiger partial charge >= 0.3 is 0 Å². The van der Waals surface area contributed by atoms with Gasteiger partial charge in [0.05, 0.1) is 19.4 Å². The summed E-state index contributed by atoms with van der Waals surface area (Å²) >= 11 is 4.98. The molecule has 0 aliphatic heterocycles. The second-order valence-corrected chi connectivity index (χ2v) is 5.25. The van der Waals surface area contributed by atoms with Crippen molar-refractivity contribution < 1.29 is 9.47 Å². The lowest BCUT2D eigenvalue weighted by Gasteiger charge is -2.12. The Kier molecular flexibility index (Phi) is 5.55. The van der Waals surface area contributed by atoms with E-state index in [0.29, 0.717) is 29.4 Å². The number of methoxy groups -OCH3 is 1. The van der Waals surface area contributed by atoms with Crippen LogP contribution in [0.4, 0.5) is 0 Å². The minimum Gasteiger partial charge on any atom is -0.493 e. The molecule has 0 fully saturated rings. The van der Waals surface area contributed by atoms with Gasteiger partial charge in [-0.15, -0.1) is 0 Å². The fourth-order valence-corrected chi connectivity index (χ4v) is 2.27. The predicted octanol–water partition coefficient (Wildman–Crippen LogP) is 3.16. The van der Waals surface area contributed by atoms with E-state index in [4.69, 9.17) is 21.7 Å². The van der Waals surface area contributed by atoms with Crippen molar-refractivity contribution in [3.05, 3.63) is 38.9 Å². The summed E-state index contributed by atoms with van der Waals surface area (Å²) < 4.78 is 11.2. The first kappa shape index (κ1) is 16.8. The standard InChI is InChI=1S/C16H17N3O3S/c1-3-4-7-22-12-6-5-10(8-13(12)21-2)14-11(9-17)15(20)19-16(23)18-14/h5-6,8H,3-4,7H2,1-2H3,(H2,18,19,20,23). The van der Waals surface area contributed by atoms with Crippen molar-refractivity contribution >= 4 is 12.2 Å². The van der Waals surface area contributed by atoms with Crippen molar-refractivity contribution in [2.24, 2.45) is 0 Å². The SMILES string of the molecule is CCCCOc1ccc(-c2[nH]c(=S)[nH]c(=O)c2C#N)cc1OC. The second kappa shape index (κ2) is 7.61. The molecule has 1 aromatic heterocycles. The van der Waals surface area contributed by atoms with Gasteiger partial charge in [0.2, 0.25) is 0 Å². The fourth-order valence-electron chi connectivity index (χ4n) is 2.08. The number of aromatic nitrogens is 2. The van der Waals surface area contributed by atoms with Crippen LogP contribution >= 0.6 is 12.2 Å². The molecule has 0 bridgehead atoms. The first-order chi connectivity index (χ1) is 11.1. The highest BCUT2D eigenvalue weighted by atomic mass is 32.1. The van der Waals surface area contributed by atoms with Crippen molar-refractivity contribution in [1.29, 1.82) is 5.26 Å². The van der Waals surface area contributed by atoms with E-state index in [0.717, 1.165) is 12.8 Å². The Morgan fingerprint density at radius 3 is 2.74 bits per heavy atom. The zero-order valence-corrected chi connectivity index (χ0v) is 13.8. The van der Waals surface area contributed by atoms with Gasteiger partial charge in [-0.1, -0.05) is 13.3 Å². The number of nitriles is 1. The highest BCUT2D eigenvalue weighted by molar-refractivity contribution is 7.71. The molecular formula is C16H17N3O3S. The largest absolute Gasteiger partial charge is 0.493 e. The molecule has 0 atom stereocenters. The van der Waals surface area contributed by atoms with Crippen LogP contribution in [0.15, 0.2) is 23.0 Å². The number of ether oxygens (including phenoxy) is 2. The third-order valence-corrected chi connectivity index (χ3v) is 3.47. The van der Waals surface area contributed by atoms with Crippen molar-refractivity contribution in [3.8, 4) is 28.8 Å². The molecule has 2 aromatic rings. The summed E-state index contributed by atoms with van der Waals surface area (Å²) in [6, 6.07) is 7.11. The Hall–Kier alpha value is -2.59. The van der Waals surface area contributed by atoms with E-state index in [2.05, 4.69) is 16.9 Å². The van der Waals surface area contributed by atoms with Crippen molar-refractivity contribution in [1.82, 2.24) is 9.97 Å². The minimum atomic E-state index is -0.520. The van der Waals surface area contributed by atoms with Gasteiger partial charge in [0.1, 0.15) is 11.6 Å². The number of hydrogen-bond acceptors (Lipinski definition) is 5. The van der Waals surface area contributed by atoms with Crippen molar-refractivity contribution in [3.63, 3.8) is 0 Å². The zero-order chi connectivity index (χ0) is 16.8. The third-order valence-electron chi connectivity index (χ3n) is 3.26. The lowest BCUT2D eigenvalue weighted by molar-refractivity contribution is 0.288. The van der Waals surface area contributed by atoms with Gasteiger partial charge in [-0.2, -0.15) is 5.26 Å². The second-order valence-electron chi connectivity index (χ2n) is 4.84. The molecule has 2 rings (SSSR count). The number of benzene rings is 1. The Morgan fingerprint density at radius 2 is 2.09 bits per heavy atom. The highest BCUT2D eigenvalue weighted by Gasteiger charge is 2.13. The summed E-state index contributed by atoms with van der Waals surface area (Å²) in [5.41, 5.74) is 0.437. The number of H-pyrrole nitrogens is 2. The summed E-state index contributed by atoms with van der Waals surface area (Å²) in [4.78, 5) is 17.1. The van der Waals surface area contributed by atoms with Crippen LogP contribution in [0.1, 0.15) is 25.3 Å². The molecular weight excluding hydrogens is 314 g/mol. The molecule has 6 nitrogen and oxygen atoms in total. The molecule has 1 aromatic carbocycles. The maximum atomic E-state index is 11.8. The normalized spacial score (nSPS) is 10.1. The number of unbranched alkanes of at least 4 members (excludes halogenated alkanes) is 1. The van der Waals surface area contributed by atoms with Crippen molar-refractivity contribution in [2.75, 3.05) is 13.7 Å². The molecule has 0 saturated heterocycles. The maximum absolute atomic E-state index is 11.8. The molecule has 0 amide bonds. The lowest BCUT2D eigenvalue weighted by atomic mass is 10.1. The summed E-state index contributed by atoms with van der Waals surface area (Å²) in [6.45, 7) is 2.69. The Balaban J connectivity index is 2.48. The van der Waals surface area contributed by atoms with Gasteiger partial charge in [-0.3, -0.25) is 9.78 Å². The van der Waals surface area contributed by atoms with Gasteiger partial charge in [0.25, 0.3) is 5.56 Å². The summed E-state index contributed by atoms with van der Waals surface area (Å²) in [6.07, 6.45) is 1.99. The monoisotopic (exact) mass is 331 g/mol. The molecule has 120 valence electrons. The van der Waals surface area contributed by atoms with E-state index in [1.807, 2.05) is 6.07 Å². The molecule has 1 heterocycles. The van der Waals surface area contributed by atoms with Crippen LogP contribution in [0, 0.1) is 16.1 Å². The average Bonchev–Trinajstić information content (AvgIpc) is 2.54. The zero-order valence-electron chi connectivity index (χ0n) is 12.9. The van der Waals surface area contributed by atoms with Crippen LogP contribution in [0.5, 0.6) is 11.5 Å². The molecule has 0 unspecified atom stereocenters. The predicted molar refractivity (Wildman–Crippen MR) is 89.4 cm³/mol. The van der Waals surface area contributed by atoms with Crippen LogP contribution < -0.4 is 15.0 Å². The van der Waals surface area contributed by atoms with Crippen LogP contribution in [0.2, 0.25) is 0 Å².